The van der Waals surface area contributed by atoms with E-state index >= 15 is 0 Å². The lowest BCUT2D eigenvalue weighted by Crippen LogP contribution is -2.23. The van der Waals surface area contributed by atoms with Gasteiger partial charge in [-0.1, -0.05) is 81.6 Å². The van der Waals surface area contributed by atoms with Gasteiger partial charge >= 0.3 is 0 Å². The molecule has 0 fully saturated rings. The molecule has 0 saturated heterocycles. The van der Waals surface area contributed by atoms with Crippen molar-refractivity contribution in [3.8, 4) is 11.5 Å². The van der Waals surface area contributed by atoms with Crippen LogP contribution in [0.25, 0.3) is 0 Å². The Morgan fingerprint density at radius 1 is 0.618 bits per heavy atom. The van der Waals surface area contributed by atoms with Crippen molar-refractivity contribution in [3.05, 3.63) is 57.6 Å². The smallest absolute Gasteiger partial charge is 0.116 e. The third-order valence-corrected chi connectivity index (χ3v) is 6.99. The number of hydrogen-bond donors (Lipinski definition) is 2. The third-order valence-electron chi connectivity index (χ3n) is 6.99. The molecule has 0 aliphatic carbocycles. The molecule has 0 bridgehead atoms. The van der Waals surface area contributed by atoms with Crippen LogP contribution in [0.4, 0.5) is 0 Å². The fourth-order valence-electron chi connectivity index (χ4n) is 5.33. The number of phenolic OH excluding ortho intramolecular Hbond substituents is 2. The van der Waals surface area contributed by atoms with Crippen LogP contribution in [0.5, 0.6) is 11.5 Å². The summed E-state index contributed by atoms with van der Waals surface area (Å²) in [4.78, 5) is 0. The molecule has 0 aliphatic rings. The lowest BCUT2D eigenvalue weighted by molar-refractivity contribution is 0.465. The minimum Gasteiger partial charge on any atom is -0.508 e. The Morgan fingerprint density at radius 2 is 1.00 bits per heavy atom. The molecule has 0 spiro atoms. The number of phenols is 2. The minimum atomic E-state index is -0.0799. The van der Waals surface area contributed by atoms with Crippen LogP contribution >= 0.6 is 0 Å². The highest BCUT2D eigenvalue weighted by Gasteiger charge is 2.32. The Hall–Kier alpha value is -1.96. The second kappa shape index (κ2) is 11.6. The highest BCUT2D eigenvalue weighted by Crippen LogP contribution is 2.46. The summed E-state index contributed by atoms with van der Waals surface area (Å²) in [5.41, 5.74) is 7.76. The maximum Gasteiger partial charge on any atom is 0.116 e. The van der Waals surface area contributed by atoms with Crippen LogP contribution < -0.4 is 0 Å². The van der Waals surface area contributed by atoms with Crippen molar-refractivity contribution in [2.75, 3.05) is 0 Å². The van der Waals surface area contributed by atoms with E-state index in [-0.39, 0.29) is 16.7 Å². The quantitative estimate of drug-likeness (QED) is 0.366. The zero-order chi connectivity index (χ0) is 25.7. The first kappa shape index (κ1) is 28.3. The van der Waals surface area contributed by atoms with Crippen molar-refractivity contribution in [1.82, 2.24) is 0 Å². The Morgan fingerprint density at radius 3 is 1.29 bits per heavy atom. The lowest BCUT2D eigenvalue weighted by atomic mass is 9.69. The van der Waals surface area contributed by atoms with Gasteiger partial charge in [0, 0.05) is 5.92 Å². The molecular weight excluding hydrogens is 416 g/mol. The van der Waals surface area contributed by atoms with E-state index in [9.17, 15) is 10.2 Å². The van der Waals surface area contributed by atoms with Gasteiger partial charge in [0.2, 0.25) is 0 Å². The van der Waals surface area contributed by atoms with Gasteiger partial charge in [-0.25, -0.2) is 0 Å². The molecule has 0 aliphatic heterocycles. The van der Waals surface area contributed by atoms with Gasteiger partial charge in [0.05, 0.1) is 0 Å². The highest BCUT2D eigenvalue weighted by molar-refractivity contribution is 5.55. The Bertz CT molecular complexity index is 865. The van der Waals surface area contributed by atoms with Crippen molar-refractivity contribution >= 4 is 0 Å². The number of benzene rings is 2. The van der Waals surface area contributed by atoms with E-state index < -0.39 is 0 Å². The topological polar surface area (TPSA) is 40.5 Å². The van der Waals surface area contributed by atoms with Gasteiger partial charge in [-0.15, -0.1) is 0 Å². The normalized spacial score (nSPS) is 12.5. The average molecular weight is 467 g/mol. The molecule has 2 rings (SSSR count). The molecule has 0 aromatic heterocycles. The first-order valence-corrected chi connectivity index (χ1v) is 13.6. The van der Waals surface area contributed by atoms with Crippen molar-refractivity contribution in [1.29, 1.82) is 0 Å². The lowest BCUT2D eigenvalue weighted by Gasteiger charge is -2.35. The zero-order valence-corrected chi connectivity index (χ0v) is 23.4. The molecule has 2 N–H and O–H groups in total. The van der Waals surface area contributed by atoms with Crippen molar-refractivity contribution in [2.45, 2.75) is 130 Å². The molecule has 0 heterocycles. The van der Waals surface area contributed by atoms with Crippen LogP contribution in [0.15, 0.2) is 24.3 Å². The summed E-state index contributed by atoms with van der Waals surface area (Å²) in [7, 11) is 0. The predicted octanol–water partition coefficient (Wildman–Crippen LogP) is 9.31. The Labute approximate surface area is 209 Å². The molecule has 34 heavy (non-hydrogen) atoms. The van der Waals surface area contributed by atoms with Gasteiger partial charge in [-0.2, -0.15) is 0 Å². The molecule has 2 aromatic carbocycles. The monoisotopic (exact) mass is 466 g/mol. The van der Waals surface area contributed by atoms with Crippen molar-refractivity contribution in [2.24, 2.45) is 0 Å². The summed E-state index contributed by atoms with van der Waals surface area (Å²) in [6.45, 7) is 20.3. The second-order valence-electron chi connectivity index (χ2n) is 12.2. The zero-order valence-electron chi connectivity index (χ0n) is 23.4. The van der Waals surface area contributed by atoms with E-state index in [1.165, 1.54) is 33.4 Å². The van der Waals surface area contributed by atoms with Crippen LogP contribution in [0.3, 0.4) is 0 Å². The first-order chi connectivity index (χ1) is 15.8. The van der Waals surface area contributed by atoms with Gasteiger partial charge in [0.25, 0.3) is 0 Å². The van der Waals surface area contributed by atoms with E-state index in [1.54, 1.807) is 0 Å². The van der Waals surface area contributed by atoms with Crippen molar-refractivity contribution in [3.63, 3.8) is 0 Å². The summed E-state index contributed by atoms with van der Waals surface area (Å²) >= 11 is 0. The molecule has 0 atom stereocenters. The molecule has 2 aromatic rings. The Balaban J connectivity index is 2.99. The minimum absolute atomic E-state index is 0.0799. The van der Waals surface area contributed by atoms with Crippen LogP contribution in [0, 0.1) is 0 Å². The maximum absolute atomic E-state index is 10.7. The summed E-state index contributed by atoms with van der Waals surface area (Å²) in [6, 6.07) is 8.06. The molecular formula is C32H50O2. The first-order valence-electron chi connectivity index (χ1n) is 13.6. The summed E-state index contributed by atoms with van der Waals surface area (Å²) in [5, 5.41) is 21.4. The van der Waals surface area contributed by atoms with E-state index in [0.29, 0.717) is 11.5 Å². The number of aryl methyl sites for hydroxylation is 2. The predicted molar refractivity (Wildman–Crippen MR) is 148 cm³/mol. The van der Waals surface area contributed by atoms with Crippen LogP contribution in [-0.4, -0.2) is 10.2 Å². The SMILES string of the molecule is CCCCc1cc(O)cc(C(C)(C)C)c1C(CCC)c1c(CCCC)cc(O)cc1C(C)(C)C. The summed E-state index contributed by atoms with van der Waals surface area (Å²) in [5.74, 6) is 0.999. The van der Waals surface area contributed by atoms with Gasteiger partial charge in [0.15, 0.2) is 0 Å². The second-order valence-corrected chi connectivity index (χ2v) is 12.2. The van der Waals surface area contributed by atoms with Gasteiger partial charge in [-0.05, 0) is 101 Å². The highest BCUT2D eigenvalue weighted by atomic mass is 16.3. The molecule has 2 nitrogen and oxygen atoms in total. The average Bonchev–Trinajstić information content (AvgIpc) is 2.73. The van der Waals surface area contributed by atoms with E-state index in [1.807, 2.05) is 24.3 Å². The summed E-state index contributed by atoms with van der Waals surface area (Å²) < 4.78 is 0. The van der Waals surface area contributed by atoms with Gasteiger partial charge in [-0.3, -0.25) is 0 Å². The third kappa shape index (κ3) is 6.80. The van der Waals surface area contributed by atoms with E-state index in [0.717, 1.165) is 51.4 Å². The van der Waals surface area contributed by atoms with Crippen LogP contribution in [0.2, 0.25) is 0 Å². The van der Waals surface area contributed by atoms with Gasteiger partial charge in [0.1, 0.15) is 11.5 Å². The maximum atomic E-state index is 10.7. The Kier molecular flexibility index (Phi) is 9.69. The van der Waals surface area contributed by atoms with Crippen molar-refractivity contribution < 1.29 is 10.2 Å². The molecule has 2 heteroatoms. The fraction of sp³-hybridized carbons (Fsp3) is 0.625. The van der Waals surface area contributed by atoms with Crippen LogP contribution in [-0.2, 0) is 23.7 Å². The van der Waals surface area contributed by atoms with E-state index in [2.05, 4.69) is 62.3 Å². The number of rotatable bonds is 10. The van der Waals surface area contributed by atoms with E-state index in [4.69, 9.17) is 0 Å². The number of unbranched alkanes of at least 4 members (excludes halogenated alkanes) is 2. The van der Waals surface area contributed by atoms with Crippen LogP contribution in [0.1, 0.15) is 140 Å². The summed E-state index contributed by atoms with van der Waals surface area (Å²) in [6.07, 6.45) is 8.60. The largest absolute Gasteiger partial charge is 0.508 e. The number of hydrogen-bond acceptors (Lipinski definition) is 2. The molecule has 0 amide bonds. The molecule has 0 saturated carbocycles. The van der Waals surface area contributed by atoms with Gasteiger partial charge < -0.3 is 10.2 Å². The molecule has 0 radical (unpaired) electrons. The fourth-order valence-corrected chi connectivity index (χ4v) is 5.33. The standard InChI is InChI=1S/C32H50O2/c1-10-13-16-22-18-24(33)20-27(31(4,5)6)29(22)26(15-12-3)30-23(17-14-11-2)19-25(34)21-28(30)32(7,8)9/h18-21,26,33-34H,10-17H2,1-9H3. The number of aromatic hydroxyl groups is 2. The molecule has 0 unspecified atom stereocenters. The molecule has 190 valence electrons.